The second-order valence-corrected chi connectivity index (χ2v) is 4.15. The average Bonchev–Trinajstić information content (AvgIpc) is 2.33. The van der Waals surface area contributed by atoms with Crippen LogP contribution in [0.2, 0.25) is 0 Å². The van der Waals surface area contributed by atoms with Gasteiger partial charge in [0.05, 0.1) is 0 Å². The number of piperidine rings is 1. The highest BCUT2D eigenvalue weighted by Gasteiger charge is 2.17. The molecule has 88 valence electrons. The van der Waals surface area contributed by atoms with Crippen molar-refractivity contribution in [2.24, 2.45) is 0 Å². The topological polar surface area (TPSA) is 67.1 Å². The minimum absolute atomic E-state index is 0.662. The van der Waals surface area contributed by atoms with Crippen LogP contribution in [0.3, 0.4) is 0 Å². The standard InChI is InChI=1S/C11H19N5/c1-8-14-10(13-2)9(12)11(15-8)16-6-4-3-5-7-16/h3-7,12H2,1-2H3,(H,13,14,15). The number of nitrogens with two attached hydrogens (primary N) is 1. The monoisotopic (exact) mass is 221 g/mol. The third-order valence-corrected chi connectivity index (χ3v) is 2.93. The zero-order valence-corrected chi connectivity index (χ0v) is 9.95. The summed E-state index contributed by atoms with van der Waals surface area (Å²) in [5.41, 5.74) is 6.73. The number of hydrogen-bond acceptors (Lipinski definition) is 5. The Kier molecular flexibility index (Phi) is 3.12. The molecule has 1 aromatic heterocycles. The van der Waals surface area contributed by atoms with Crippen molar-refractivity contribution in [1.82, 2.24) is 9.97 Å². The van der Waals surface area contributed by atoms with E-state index in [-0.39, 0.29) is 0 Å². The molecule has 0 unspecified atom stereocenters. The Morgan fingerprint density at radius 3 is 2.50 bits per heavy atom. The molecule has 0 aromatic carbocycles. The third kappa shape index (κ3) is 2.03. The van der Waals surface area contributed by atoms with E-state index >= 15 is 0 Å². The largest absolute Gasteiger partial charge is 0.393 e. The predicted molar refractivity (Wildman–Crippen MR) is 66.8 cm³/mol. The molecule has 2 heterocycles. The van der Waals surface area contributed by atoms with Crippen molar-refractivity contribution in [3.63, 3.8) is 0 Å². The van der Waals surface area contributed by atoms with Gasteiger partial charge < -0.3 is 16.0 Å². The van der Waals surface area contributed by atoms with Gasteiger partial charge in [-0.05, 0) is 26.2 Å². The van der Waals surface area contributed by atoms with Gasteiger partial charge in [0.15, 0.2) is 11.6 Å². The maximum Gasteiger partial charge on any atom is 0.157 e. The Labute approximate surface area is 96.1 Å². The van der Waals surface area contributed by atoms with Crippen LogP contribution >= 0.6 is 0 Å². The van der Waals surface area contributed by atoms with Crippen molar-refractivity contribution in [1.29, 1.82) is 0 Å². The fourth-order valence-electron chi connectivity index (χ4n) is 2.10. The van der Waals surface area contributed by atoms with E-state index in [2.05, 4.69) is 20.2 Å². The van der Waals surface area contributed by atoms with Crippen LogP contribution in [0.5, 0.6) is 0 Å². The zero-order valence-electron chi connectivity index (χ0n) is 9.95. The number of hydrogen-bond donors (Lipinski definition) is 2. The first kappa shape index (κ1) is 11.0. The lowest BCUT2D eigenvalue weighted by Crippen LogP contribution is -2.31. The van der Waals surface area contributed by atoms with Crippen LogP contribution < -0.4 is 16.0 Å². The molecule has 1 aromatic rings. The van der Waals surface area contributed by atoms with E-state index in [1.165, 1.54) is 19.3 Å². The number of nitrogens with one attached hydrogen (secondary N) is 1. The molecule has 5 heteroatoms. The lowest BCUT2D eigenvalue weighted by molar-refractivity contribution is 0.573. The summed E-state index contributed by atoms with van der Waals surface area (Å²) in [6.07, 6.45) is 3.74. The molecule has 0 radical (unpaired) electrons. The van der Waals surface area contributed by atoms with E-state index in [0.717, 1.165) is 30.5 Å². The van der Waals surface area contributed by atoms with Gasteiger partial charge in [0.1, 0.15) is 11.5 Å². The summed E-state index contributed by atoms with van der Waals surface area (Å²) in [5.74, 6) is 2.38. The smallest absolute Gasteiger partial charge is 0.157 e. The molecule has 1 aliphatic heterocycles. The van der Waals surface area contributed by atoms with E-state index in [0.29, 0.717) is 5.69 Å². The van der Waals surface area contributed by atoms with Gasteiger partial charge in [-0.25, -0.2) is 9.97 Å². The van der Waals surface area contributed by atoms with Crippen LogP contribution in [-0.2, 0) is 0 Å². The van der Waals surface area contributed by atoms with Crippen LogP contribution in [0, 0.1) is 6.92 Å². The van der Waals surface area contributed by atoms with E-state index in [1.807, 2.05) is 14.0 Å². The summed E-state index contributed by atoms with van der Waals surface area (Å²) >= 11 is 0. The Hall–Kier alpha value is -1.52. The Bertz CT molecular complexity index is 371. The molecule has 3 N–H and O–H groups in total. The van der Waals surface area contributed by atoms with Gasteiger partial charge in [0.25, 0.3) is 0 Å². The molecular formula is C11H19N5. The highest BCUT2D eigenvalue weighted by atomic mass is 15.2. The molecule has 0 bridgehead atoms. The van der Waals surface area contributed by atoms with Crippen molar-refractivity contribution in [2.45, 2.75) is 26.2 Å². The van der Waals surface area contributed by atoms with E-state index in [9.17, 15) is 0 Å². The maximum absolute atomic E-state index is 6.06. The fraction of sp³-hybridized carbons (Fsp3) is 0.636. The molecule has 1 aliphatic rings. The highest BCUT2D eigenvalue weighted by molar-refractivity contribution is 5.75. The van der Waals surface area contributed by atoms with Gasteiger partial charge in [-0.15, -0.1) is 0 Å². The average molecular weight is 221 g/mol. The first-order valence-corrected chi connectivity index (χ1v) is 5.79. The van der Waals surface area contributed by atoms with Gasteiger partial charge in [0, 0.05) is 20.1 Å². The summed E-state index contributed by atoms with van der Waals surface area (Å²) < 4.78 is 0. The van der Waals surface area contributed by atoms with Crippen molar-refractivity contribution >= 4 is 17.3 Å². The number of aryl methyl sites for hydroxylation is 1. The van der Waals surface area contributed by atoms with Gasteiger partial charge in [-0.2, -0.15) is 0 Å². The van der Waals surface area contributed by atoms with Gasteiger partial charge in [-0.1, -0.05) is 0 Å². The van der Waals surface area contributed by atoms with Crippen LogP contribution in [0.1, 0.15) is 25.1 Å². The first-order chi connectivity index (χ1) is 7.72. The van der Waals surface area contributed by atoms with E-state index in [4.69, 9.17) is 5.73 Å². The molecule has 5 nitrogen and oxygen atoms in total. The van der Waals surface area contributed by atoms with Crippen LogP contribution in [0.15, 0.2) is 0 Å². The predicted octanol–water partition coefficient (Wildman–Crippen LogP) is 1.40. The van der Waals surface area contributed by atoms with Gasteiger partial charge in [-0.3, -0.25) is 0 Å². The molecular weight excluding hydrogens is 202 g/mol. The zero-order chi connectivity index (χ0) is 11.5. The second kappa shape index (κ2) is 4.55. The number of nitrogen functional groups attached to an aromatic ring is 1. The normalized spacial score (nSPS) is 16.2. The SMILES string of the molecule is CNc1nc(C)nc(N2CCCCC2)c1N. The molecule has 0 spiro atoms. The number of nitrogens with zero attached hydrogens (tertiary/aromatic N) is 3. The Morgan fingerprint density at radius 1 is 1.19 bits per heavy atom. The first-order valence-electron chi connectivity index (χ1n) is 5.79. The van der Waals surface area contributed by atoms with Crippen molar-refractivity contribution in [3.8, 4) is 0 Å². The third-order valence-electron chi connectivity index (χ3n) is 2.93. The minimum Gasteiger partial charge on any atom is -0.393 e. The van der Waals surface area contributed by atoms with E-state index < -0.39 is 0 Å². The van der Waals surface area contributed by atoms with Crippen LogP contribution in [-0.4, -0.2) is 30.1 Å². The van der Waals surface area contributed by atoms with Crippen molar-refractivity contribution in [2.75, 3.05) is 36.1 Å². The highest BCUT2D eigenvalue weighted by Crippen LogP contribution is 2.28. The van der Waals surface area contributed by atoms with Crippen LogP contribution in [0.25, 0.3) is 0 Å². The summed E-state index contributed by atoms with van der Waals surface area (Å²) in [4.78, 5) is 11.0. The minimum atomic E-state index is 0.662. The number of aromatic nitrogens is 2. The summed E-state index contributed by atoms with van der Waals surface area (Å²) in [6.45, 7) is 3.99. The lowest BCUT2D eigenvalue weighted by Gasteiger charge is -2.29. The Balaban J connectivity index is 2.34. The molecule has 1 fully saturated rings. The molecule has 0 aliphatic carbocycles. The van der Waals surface area contributed by atoms with Crippen LogP contribution in [0.4, 0.5) is 17.3 Å². The summed E-state index contributed by atoms with van der Waals surface area (Å²) in [7, 11) is 1.83. The molecule has 1 saturated heterocycles. The molecule has 0 saturated carbocycles. The molecule has 0 amide bonds. The number of rotatable bonds is 2. The molecule has 0 atom stereocenters. The van der Waals surface area contributed by atoms with Crippen molar-refractivity contribution < 1.29 is 0 Å². The number of anilines is 3. The quantitative estimate of drug-likeness (QED) is 0.790. The van der Waals surface area contributed by atoms with E-state index in [1.54, 1.807) is 0 Å². The molecule has 2 rings (SSSR count). The lowest BCUT2D eigenvalue weighted by atomic mass is 10.1. The Morgan fingerprint density at radius 2 is 1.88 bits per heavy atom. The summed E-state index contributed by atoms with van der Waals surface area (Å²) in [5, 5.41) is 3.01. The van der Waals surface area contributed by atoms with Gasteiger partial charge >= 0.3 is 0 Å². The van der Waals surface area contributed by atoms with Gasteiger partial charge in [0.2, 0.25) is 0 Å². The second-order valence-electron chi connectivity index (χ2n) is 4.15. The maximum atomic E-state index is 6.06. The molecule has 16 heavy (non-hydrogen) atoms. The van der Waals surface area contributed by atoms with Crippen molar-refractivity contribution in [3.05, 3.63) is 5.82 Å². The summed E-state index contributed by atoms with van der Waals surface area (Å²) in [6, 6.07) is 0. The fourth-order valence-corrected chi connectivity index (χ4v) is 2.10.